The normalized spacial score (nSPS) is 13.1. The van der Waals surface area contributed by atoms with Gasteiger partial charge in [-0.25, -0.2) is 0 Å². The molecule has 1 aliphatic heterocycles. The van der Waals surface area contributed by atoms with Gasteiger partial charge < -0.3 is 9.47 Å². The lowest BCUT2D eigenvalue weighted by Crippen LogP contribution is -1.92. The molecule has 0 saturated carbocycles. The molecule has 0 N–H and O–H groups in total. The molecule has 104 valence electrons. The maximum atomic E-state index is 9.36. The van der Waals surface area contributed by atoms with Crippen LogP contribution < -0.4 is 9.47 Å². The smallest absolute Gasteiger partial charge is 0.231 e. The van der Waals surface area contributed by atoms with Gasteiger partial charge in [-0.15, -0.1) is 0 Å². The number of allylic oxidation sites excluding steroid dienone is 1. The molecule has 3 nitrogen and oxygen atoms in total. The molecule has 1 heterocycles. The molecule has 2 aromatic rings. The third-order valence-corrected chi connectivity index (χ3v) is 3.60. The fourth-order valence-electron chi connectivity index (χ4n) is 2.05. The maximum absolute atomic E-state index is 9.36. The second-order valence-corrected chi connectivity index (χ2v) is 5.25. The Morgan fingerprint density at radius 3 is 2.67 bits per heavy atom. The first-order chi connectivity index (χ1) is 10.2. The lowest BCUT2D eigenvalue weighted by atomic mass is 10.0. The number of nitriles is 1. The fraction of sp³-hybridized carbons (Fsp3) is 0.0625. The molecule has 0 bridgehead atoms. The summed E-state index contributed by atoms with van der Waals surface area (Å²) in [4.78, 5) is 0. The molecule has 2 aromatic carbocycles. The van der Waals surface area contributed by atoms with Gasteiger partial charge in [0.15, 0.2) is 11.5 Å². The van der Waals surface area contributed by atoms with E-state index in [2.05, 4.69) is 6.07 Å². The molecule has 0 unspecified atom stereocenters. The topological polar surface area (TPSA) is 42.2 Å². The number of ether oxygens (including phenoxy) is 2. The van der Waals surface area contributed by atoms with E-state index in [1.165, 1.54) is 0 Å². The summed E-state index contributed by atoms with van der Waals surface area (Å²) in [5.41, 5.74) is 1.93. The van der Waals surface area contributed by atoms with Gasteiger partial charge in [0.25, 0.3) is 0 Å². The highest BCUT2D eigenvalue weighted by Gasteiger charge is 2.13. The van der Waals surface area contributed by atoms with Crippen molar-refractivity contribution >= 4 is 34.9 Å². The predicted octanol–water partition coefficient (Wildman–Crippen LogP) is 4.79. The van der Waals surface area contributed by atoms with E-state index in [1.807, 2.05) is 18.2 Å². The van der Waals surface area contributed by atoms with Crippen LogP contribution in [0.5, 0.6) is 11.5 Å². The van der Waals surface area contributed by atoms with Gasteiger partial charge in [-0.3, -0.25) is 0 Å². The average molecular weight is 318 g/mol. The Morgan fingerprint density at radius 1 is 1.10 bits per heavy atom. The second-order valence-electron chi connectivity index (χ2n) is 4.41. The van der Waals surface area contributed by atoms with E-state index >= 15 is 0 Å². The molecule has 0 amide bonds. The third kappa shape index (κ3) is 2.82. The highest BCUT2D eigenvalue weighted by atomic mass is 35.5. The average Bonchev–Trinajstić information content (AvgIpc) is 2.93. The van der Waals surface area contributed by atoms with Gasteiger partial charge >= 0.3 is 0 Å². The number of fused-ring (bicyclic) bond motifs is 1. The van der Waals surface area contributed by atoms with Gasteiger partial charge in [0.2, 0.25) is 6.79 Å². The predicted molar refractivity (Wildman–Crippen MR) is 82.5 cm³/mol. The van der Waals surface area contributed by atoms with Gasteiger partial charge in [0, 0.05) is 10.6 Å². The van der Waals surface area contributed by atoms with Crippen molar-refractivity contribution in [3.05, 3.63) is 57.6 Å². The van der Waals surface area contributed by atoms with Crippen LogP contribution in [0.15, 0.2) is 36.4 Å². The zero-order chi connectivity index (χ0) is 14.8. The van der Waals surface area contributed by atoms with Crippen LogP contribution in [0.2, 0.25) is 10.0 Å². The van der Waals surface area contributed by atoms with Crippen molar-refractivity contribution in [1.29, 1.82) is 5.26 Å². The van der Waals surface area contributed by atoms with Crippen LogP contribution >= 0.6 is 23.2 Å². The van der Waals surface area contributed by atoms with E-state index in [-0.39, 0.29) is 6.79 Å². The minimum atomic E-state index is 0.219. The minimum absolute atomic E-state index is 0.219. The van der Waals surface area contributed by atoms with Crippen molar-refractivity contribution in [3.63, 3.8) is 0 Å². The quantitative estimate of drug-likeness (QED) is 0.591. The number of benzene rings is 2. The van der Waals surface area contributed by atoms with Crippen LogP contribution in [-0.4, -0.2) is 6.79 Å². The molecule has 0 fully saturated rings. The van der Waals surface area contributed by atoms with Gasteiger partial charge in [-0.2, -0.15) is 5.26 Å². The monoisotopic (exact) mass is 317 g/mol. The van der Waals surface area contributed by atoms with E-state index in [0.29, 0.717) is 32.7 Å². The Morgan fingerprint density at radius 2 is 1.90 bits per heavy atom. The van der Waals surface area contributed by atoms with E-state index in [4.69, 9.17) is 32.7 Å². The summed E-state index contributed by atoms with van der Waals surface area (Å²) in [6.07, 6.45) is 1.75. The molecule has 21 heavy (non-hydrogen) atoms. The number of hydrogen-bond donors (Lipinski definition) is 0. The molecular weight excluding hydrogens is 309 g/mol. The molecule has 0 saturated heterocycles. The lowest BCUT2D eigenvalue weighted by molar-refractivity contribution is 0.174. The van der Waals surface area contributed by atoms with Crippen LogP contribution in [0.3, 0.4) is 0 Å². The van der Waals surface area contributed by atoms with Crippen molar-refractivity contribution in [2.75, 3.05) is 6.79 Å². The lowest BCUT2D eigenvalue weighted by Gasteiger charge is -2.04. The van der Waals surface area contributed by atoms with Crippen LogP contribution in [0.1, 0.15) is 11.1 Å². The molecule has 1 aliphatic rings. The Hall–Kier alpha value is -2.15. The van der Waals surface area contributed by atoms with Crippen molar-refractivity contribution in [1.82, 2.24) is 0 Å². The number of nitrogens with zero attached hydrogens (tertiary/aromatic N) is 1. The SMILES string of the molecule is N#C/C(=C/c1ccc2c(c1)OCO2)c1ccc(Cl)cc1Cl. The summed E-state index contributed by atoms with van der Waals surface area (Å²) < 4.78 is 10.6. The number of halogens is 2. The highest BCUT2D eigenvalue weighted by Crippen LogP contribution is 2.34. The first-order valence-electron chi connectivity index (χ1n) is 6.14. The number of rotatable bonds is 2. The first-order valence-corrected chi connectivity index (χ1v) is 6.90. The third-order valence-electron chi connectivity index (χ3n) is 3.05. The van der Waals surface area contributed by atoms with E-state index in [0.717, 1.165) is 5.56 Å². The Labute approximate surface area is 131 Å². The minimum Gasteiger partial charge on any atom is -0.454 e. The van der Waals surface area contributed by atoms with Crippen molar-refractivity contribution < 1.29 is 9.47 Å². The van der Waals surface area contributed by atoms with Gasteiger partial charge in [0.1, 0.15) is 0 Å². The maximum Gasteiger partial charge on any atom is 0.231 e. The Bertz CT molecular complexity index is 778. The summed E-state index contributed by atoms with van der Waals surface area (Å²) in [5.74, 6) is 1.37. The second kappa shape index (κ2) is 5.69. The fourth-order valence-corrected chi connectivity index (χ4v) is 2.56. The van der Waals surface area contributed by atoms with Crippen molar-refractivity contribution in [3.8, 4) is 17.6 Å². The van der Waals surface area contributed by atoms with E-state index in [9.17, 15) is 5.26 Å². The molecule has 3 rings (SSSR count). The van der Waals surface area contributed by atoms with Crippen LogP contribution in [-0.2, 0) is 0 Å². The highest BCUT2D eigenvalue weighted by molar-refractivity contribution is 6.36. The van der Waals surface area contributed by atoms with Gasteiger partial charge in [-0.1, -0.05) is 35.3 Å². The molecule has 0 radical (unpaired) electrons. The van der Waals surface area contributed by atoms with Crippen molar-refractivity contribution in [2.45, 2.75) is 0 Å². The number of hydrogen-bond acceptors (Lipinski definition) is 3. The summed E-state index contributed by atoms with van der Waals surface area (Å²) >= 11 is 12.0. The first kappa shape index (κ1) is 13.8. The molecule has 0 atom stereocenters. The summed E-state index contributed by atoms with van der Waals surface area (Å²) in [6, 6.07) is 12.7. The largest absolute Gasteiger partial charge is 0.454 e. The van der Waals surface area contributed by atoms with Gasteiger partial charge in [-0.05, 0) is 35.9 Å². The van der Waals surface area contributed by atoms with Crippen LogP contribution in [0, 0.1) is 11.3 Å². The molecular formula is C16H9Cl2NO2. The van der Waals surface area contributed by atoms with Crippen LogP contribution in [0.4, 0.5) is 0 Å². The molecule has 0 spiro atoms. The molecule has 0 aliphatic carbocycles. The zero-order valence-corrected chi connectivity index (χ0v) is 12.3. The van der Waals surface area contributed by atoms with E-state index < -0.39 is 0 Å². The summed E-state index contributed by atoms with van der Waals surface area (Å²) in [5, 5.41) is 10.3. The summed E-state index contributed by atoms with van der Waals surface area (Å²) in [6.45, 7) is 0.219. The van der Waals surface area contributed by atoms with E-state index in [1.54, 1.807) is 24.3 Å². The summed E-state index contributed by atoms with van der Waals surface area (Å²) in [7, 11) is 0. The molecule has 5 heteroatoms. The Balaban J connectivity index is 2.01. The van der Waals surface area contributed by atoms with Crippen molar-refractivity contribution in [2.24, 2.45) is 0 Å². The molecule has 0 aromatic heterocycles. The standard InChI is InChI=1S/C16H9Cl2NO2/c17-12-2-3-13(14(18)7-12)11(8-19)5-10-1-4-15-16(6-10)21-9-20-15/h1-7H,9H2/b11-5-. The van der Waals surface area contributed by atoms with Gasteiger partial charge in [0.05, 0.1) is 16.7 Å². The van der Waals surface area contributed by atoms with Crippen LogP contribution in [0.25, 0.3) is 11.6 Å². The zero-order valence-electron chi connectivity index (χ0n) is 10.8. The Kier molecular flexibility index (Phi) is 3.74.